The molecule has 2 aliphatic rings. The second-order valence-corrected chi connectivity index (χ2v) is 9.00. The molecule has 0 spiro atoms. The Bertz CT molecular complexity index is 878. The smallest absolute Gasteiger partial charge is 0.348 e. The summed E-state index contributed by atoms with van der Waals surface area (Å²) in [5.41, 5.74) is 0.946. The Labute approximate surface area is 176 Å². The second kappa shape index (κ2) is 8.93. The predicted octanol–water partition coefficient (Wildman–Crippen LogP) is 1.97. The lowest BCUT2D eigenvalue weighted by Gasteiger charge is -2.35. The fourth-order valence-corrected chi connectivity index (χ4v) is 5.40. The average molecular weight is 420 g/mol. The molecule has 7 nitrogen and oxygen atoms in total. The Balaban J connectivity index is 1.78. The SMILES string of the molecule is CCOC(=O)c1sc2nc(C[NH+]3CCOCC3)nc(N3CCCC[C@@H]3C)c2c1C. The van der Waals surface area contributed by atoms with Gasteiger partial charge in [-0.2, -0.15) is 0 Å². The van der Waals surface area contributed by atoms with Crippen LogP contribution in [0.4, 0.5) is 5.82 Å². The standard InChI is InChI=1S/C21H30N4O3S/c1-4-28-21(26)18-15(3)17-19(25-8-6-5-7-14(25)2)22-16(23-20(17)29-18)13-24-9-11-27-12-10-24/h14H,4-13H2,1-3H3/p+1/t14-/m0/s1. The first kappa shape index (κ1) is 20.5. The van der Waals surface area contributed by atoms with Gasteiger partial charge in [0.25, 0.3) is 0 Å². The van der Waals surface area contributed by atoms with Crippen LogP contribution in [0.1, 0.15) is 54.2 Å². The number of fused-ring (bicyclic) bond motifs is 1. The van der Waals surface area contributed by atoms with E-state index >= 15 is 0 Å². The molecule has 2 aliphatic heterocycles. The van der Waals surface area contributed by atoms with Crippen molar-refractivity contribution < 1.29 is 19.2 Å². The Morgan fingerprint density at radius 2 is 2.10 bits per heavy atom. The first-order valence-corrected chi connectivity index (χ1v) is 11.5. The highest BCUT2D eigenvalue weighted by atomic mass is 32.1. The molecule has 0 bridgehead atoms. The molecule has 0 amide bonds. The maximum Gasteiger partial charge on any atom is 0.348 e. The minimum atomic E-state index is -0.258. The third-order valence-corrected chi connectivity index (χ3v) is 7.13. The lowest BCUT2D eigenvalue weighted by molar-refractivity contribution is -0.922. The molecule has 2 aromatic rings. The number of hydrogen-bond donors (Lipinski definition) is 1. The van der Waals surface area contributed by atoms with Crippen molar-refractivity contribution in [3.8, 4) is 0 Å². The third kappa shape index (κ3) is 4.25. The number of piperidine rings is 1. The number of rotatable bonds is 5. The predicted molar refractivity (Wildman–Crippen MR) is 114 cm³/mol. The van der Waals surface area contributed by atoms with Crippen molar-refractivity contribution in [2.45, 2.75) is 52.6 Å². The highest BCUT2D eigenvalue weighted by Crippen LogP contribution is 2.37. The van der Waals surface area contributed by atoms with Gasteiger partial charge < -0.3 is 19.3 Å². The molecule has 4 rings (SSSR count). The van der Waals surface area contributed by atoms with E-state index in [-0.39, 0.29) is 5.97 Å². The summed E-state index contributed by atoms with van der Waals surface area (Å²) in [5.74, 6) is 1.60. The minimum absolute atomic E-state index is 0.258. The number of thiophene rings is 1. The Kier molecular flexibility index (Phi) is 6.32. The van der Waals surface area contributed by atoms with Gasteiger partial charge in [0, 0.05) is 12.6 Å². The molecule has 2 saturated heterocycles. The van der Waals surface area contributed by atoms with Crippen LogP contribution >= 0.6 is 11.3 Å². The molecule has 0 aromatic carbocycles. The van der Waals surface area contributed by atoms with Crippen LogP contribution in [0.2, 0.25) is 0 Å². The van der Waals surface area contributed by atoms with E-state index in [0.29, 0.717) is 17.5 Å². The number of esters is 1. The van der Waals surface area contributed by atoms with E-state index < -0.39 is 0 Å². The van der Waals surface area contributed by atoms with Gasteiger partial charge in [-0.25, -0.2) is 14.8 Å². The van der Waals surface area contributed by atoms with Crippen LogP contribution in [0.25, 0.3) is 10.2 Å². The van der Waals surface area contributed by atoms with Crippen molar-refractivity contribution in [3.05, 3.63) is 16.3 Å². The number of carbonyl (C=O) groups excluding carboxylic acids is 1. The van der Waals surface area contributed by atoms with Crippen molar-refractivity contribution in [1.29, 1.82) is 0 Å². The van der Waals surface area contributed by atoms with Crippen LogP contribution in [0.15, 0.2) is 0 Å². The van der Waals surface area contributed by atoms with E-state index in [1.165, 1.54) is 35.5 Å². The molecular formula is C21H31N4O3S+. The average Bonchev–Trinajstić information content (AvgIpc) is 3.05. The van der Waals surface area contributed by atoms with Gasteiger partial charge in [0.2, 0.25) is 0 Å². The monoisotopic (exact) mass is 419 g/mol. The lowest BCUT2D eigenvalue weighted by atomic mass is 10.0. The maximum absolute atomic E-state index is 12.5. The van der Waals surface area contributed by atoms with Crippen LogP contribution in [-0.4, -0.2) is 61.4 Å². The van der Waals surface area contributed by atoms with E-state index in [1.807, 2.05) is 13.8 Å². The minimum Gasteiger partial charge on any atom is -0.462 e. The first-order chi connectivity index (χ1) is 14.1. The molecular weight excluding hydrogens is 388 g/mol. The third-order valence-electron chi connectivity index (χ3n) is 5.96. The Hall–Kier alpha value is -1.77. The number of anilines is 1. The number of quaternary nitrogens is 1. The van der Waals surface area contributed by atoms with Crippen molar-refractivity contribution >= 4 is 33.3 Å². The maximum atomic E-state index is 12.5. The van der Waals surface area contributed by atoms with Crippen LogP contribution in [-0.2, 0) is 16.0 Å². The van der Waals surface area contributed by atoms with Crippen molar-refractivity contribution in [2.24, 2.45) is 0 Å². The van der Waals surface area contributed by atoms with E-state index in [1.54, 1.807) is 0 Å². The second-order valence-electron chi connectivity index (χ2n) is 8.00. The van der Waals surface area contributed by atoms with Gasteiger partial charge in [-0.1, -0.05) is 0 Å². The number of aromatic nitrogens is 2. The van der Waals surface area contributed by atoms with Gasteiger partial charge in [0.05, 0.1) is 25.2 Å². The molecule has 0 unspecified atom stereocenters. The van der Waals surface area contributed by atoms with Crippen LogP contribution in [0.3, 0.4) is 0 Å². The lowest BCUT2D eigenvalue weighted by Crippen LogP contribution is -3.12. The van der Waals surface area contributed by atoms with Gasteiger partial charge in [0.15, 0.2) is 5.82 Å². The number of nitrogens with zero attached hydrogens (tertiary/aromatic N) is 3. The van der Waals surface area contributed by atoms with Crippen molar-refractivity contribution in [2.75, 3.05) is 44.4 Å². The topological polar surface area (TPSA) is 69.0 Å². The number of aryl methyl sites for hydroxylation is 1. The van der Waals surface area contributed by atoms with Crippen LogP contribution in [0.5, 0.6) is 0 Å². The molecule has 29 heavy (non-hydrogen) atoms. The van der Waals surface area contributed by atoms with E-state index in [2.05, 4.69) is 11.8 Å². The zero-order chi connectivity index (χ0) is 20.4. The van der Waals surface area contributed by atoms with Crippen molar-refractivity contribution in [3.63, 3.8) is 0 Å². The molecule has 0 radical (unpaired) electrons. The molecule has 4 heterocycles. The molecule has 158 valence electrons. The summed E-state index contributed by atoms with van der Waals surface area (Å²) in [7, 11) is 0. The van der Waals surface area contributed by atoms with E-state index in [0.717, 1.165) is 66.8 Å². The molecule has 2 aromatic heterocycles. The van der Waals surface area contributed by atoms with E-state index in [4.69, 9.17) is 19.4 Å². The normalized spacial score (nSPS) is 20.9. The summed E-state index contributed by atoms with van der Waals surface area (Å²) in [6, 6.07) is 0.441. The number of carbonyl (C=O) groups is 1. The summed E-state index contributed by atoms with van der Waals surface area (Å²) >= 11 is 1.44. The highest BCUT2D eigenvalue weighted by molar-refractivity contribution is 7.20. The van der Waals surface area contributed by atoms with Crippen LogP contribution in [0, 0.1) is 6.92 Å². The fourth-order valence-electron chi connectivity index (χ4n) is 4.31. The molecule has 1 atom stereocenters. The Morgan fingerprint density at radius 3 is 2.83 bits per heavy atom. The summed E-state index contributed by atoms with van der Waals surface area (Å²) in [6.45, 7) is 11.8. The van der Waals surface area contributed by atoms with Crippen LogP contribution < -0.4 is 9.80 Å². The van der Waals surface area contributed by atoms with Gasteiger partial charge in [-0.3, -0.25) is 0 Å². The number of morpholine rings is 1. The summed E-state index contributed by atoms with van der Waals surface area (Å²) in [6.07, 6.45) is 3.60. The van der Waals surface area contributed by atoms with Gasteiger partial charge in [-0.05, 0) is 45.6 Å². The van der Waals surface area contributed by atoms with Gasteiger partial charge >= 0.3 is 5.97 Å². The summed E-state index contributed by atoms with van der Waals surface area (Å²) in [5, 5.41) is 1.02. The van der Waals surface area contributed by atoms with Gasteiger partial charge in [0.1, 0.15) is 35.2 Å². The molecule has 8 heteroatoms. The molecule has 2 fully saturated rings. The number of nitrogens with one attached hydrogen (secondary N) is 1. The molecule has 1 N–H and O–H groups in total. The Morgan fingerprint density at radius 1 is 1.31 bits per heavy atom. The molecule has 0 saturated carbocycles. The zero-order valence-electron chi connectivity index (χ0n) is 17.6. The van der Waals surface area contributed by atoms with Gasteiger partial charge in [-0.15, -0.1) is 11.3 Å². The quantitative estimate of drug-likeness (QED) is 0.748. The largest absolute Gasteiger partial charge is 0.462 e. The van der Waals surface area contributed by atoms with Crippen molar-refractivity contribution in [1.82, 2.24) is 9.97 Å². The summed E-state index contributed by atoms with van der Waals surface area (Å²) < 4.78 is 10.8. The number of hydrogen-bond acceptors (Lipinski definition) is 7. The summed E-state index contributed by atoms with van der Waals surface area (Å²) in [4.78, 5) is 27.9. The first-order valence-electron chi connectivity index (χ1n) is 10.7. The highest BCUT2D eigenvalue weighted by Gasteiger charge is 2.28. The molecule has 0 aliphatic carbocycles. The number of ether oxygens (including phenoxy) is 2. The zero-order valence-corrected chi connectivity index (χ0v) is 18.4. The van der Waals surface area contributed by atoms with E-state index in [9.17, 15) is 4.79 Å². The fraction of sp³-hybridized carbons (Fsp3) is 0.667.